The summed E-state index contributed by atoms with van der Waals surface area (Å²) in [4.78, 5) is 9.91. The summed E-state index contributed by atoms with van der Waals surface area (Å²) < 4.78 is 6.25. The molecule has 0 bridgehead atoms. The Morgan fingerprint density at radius 1 is 0.500 bits per heavy atom. The monoisotopic (exact) mass is 650 g/mol. The molecule has 8 rings (SSSR count). The summed E-state index contributed by atoms with van der Waals surface area (Å²) in [6.45, 7) is 9.14. The molecule has 244 valence electrons. The molecule has 0 radical (unpaired) electrons. The van der Waals surface area contributed by atoms with E-state index in [1.165, 1.54) is 22.3 Å². The summed E-state index contributed by atoms with van der Waals surface area (Å²) in [5.41, 5.74) is 11.4. The second-order valence-corrected chi connectivity index (χ2v) is 14.1. The SMILES string of the molecule is CC(C)(c1ccccc1)c1cc(-c2cc(C(C)(C)c3ccccc3)cc3cccnc23)cc(-c2cccc3oc(-c4ccccc4O)nc23)c1. The van der Waals surface area contributed by atoms with Gasteiger partial charge in [-0.05, 0) is 75.8 Å². The van der Waals surface area contributed by atoms with Crippen LogP contribution < -0.4 is 0 Å². The number of rotatable bonds is 7. The average molecular weight is 651 g/mol. The summed E-state index contributed by atoms with van der Waals surface area (Å²) in [5.74, 6) is 0.518. The maximum Gasteiger partial charge on any atom is 0.231 e. The highest BCUT2D eigenvalue weighted by atomic mass is 16.3. The minimum absolute atomic E-state index is 0.132. The largest absolute Gasteiger partial charge is 0.507 e. The van der Waals surface area contributed by atoms with Crippen LogP contribution in [0, 0.1) is 0 Å². The maximum absolute atomic E-state index is 10.6. The van der Waals surface area contributed by atoms with E-state index in [2.05, 4.69) is 131 Å². The fourth-order valence-electron chi connectivity index (χ4n) is 7.07. The molecule has 0 spiro atoms. The highest BCUT2D eigenvalue weighted by molar-refractivity contribution is 5.98. The van der Waals surface area contributed by atoms with E-state index < -0.39 is 0 Å². The molecular weight excluding hydrogens is 613 g/mol. The van der Waals surface area contributed by atoms with E-state index in [1.807, 2.05) is 36.5 Å². The fourth-order valence-corrected chi connectivity index (χ4v) is 7.07. The second kappa shape index (κ2) is 12.2. The number of hydrogen-bond acceptors (Lipinski definition) is 4. The van der Waals surface area contributed by atoms with Crippen molar-refractivity contribution in [2.45, 2.75) is 38.5 Å². The summed E-state index contributed by atoms with van der Waals surface area (Å²) in [6, 6.07) is 50.2. The van der Waals surface area contributed by atoms with Crippen molar-refractivity contribution in [3.63, 3.8) is 0 Å². The molecule has 2 heterocycles. The number of hydrogen-bond donors (Lipinski definition) is 1. The van der Waals surface area contributed by atoms with Crippen LogP contribution in [0.25, 0.3) is 55.7 Å². The van der Waals surface area contributed by atoms with Gasteiger partial charge in [0.1, 0.15) is 11.3 Å². The number of oxazole rings is 1. The van der Waals surface area contributed by atoms with Crippen molar-refractivity contribution in [3.8, 4) is 39.5 Å². The molecule has 0 aliphatic carbocycles. The van der Waals surface area contributed by atoms with E-state index in [-0.39, 0.29) is 16.6 Å². The molecule has 2 aromatic heterocycles. The standard InChI is InChI=1S/C46H38N2O2/c1-45(2,33-16-7-5-8-17-33)35-27-31(37-21-13-23-41-43(37)48-44(50-41)38-20-11-12-22-40(38)49)25-32(28-35)39-29-36(26-30-15-14-24-47-42(30)39)46(3,4)34-18-9-6-10-19-34/h5-29,49H,1-4H3. The molecule has 4 heteroatoms. The molecule has 4 nitrogen and oxygen atoms in total. The predicted octanol–water partition coefficient (Wildman–Crippen LogP) is 11.7. The van der Waals surface area contributed by atoms with E-state index in [9.17, 15) is 5.11 Å². The Morgan fingerprint density at radius 3 is 1.78 bits per heavy atom. The Kier molecular flexibility index (Phi) is 7.60. The van der Waals surface area contributed by atoms with Gasteiger partial charge in [-0.3, -0.25) is 4.98 Å². The third-order valence-electron chi connectivity index (χ3n) is 10.2. The van der Waals surface area contributed by atoms with Crippen LogP contribution in [0.4, 0.5) is 0 Å². The van der Waals surface area contributed by atoms with Crippen LogP contribution >= 0.6 is 0 Å². The average Bonchev–Trinajstić information content (AvgIpc) is 3.59. The van der Waals surface area contributed by atoms with Gasteiger partial charge in [-0.25, -0.2) is 4.98 Å². The minimum Gasteiger partial charge on any atom is -0.507 e. The summed E-state index contributed by atoms with van der Waals surface area (Å²) in [6.07, 6.45) is 1.88. The number of fused-ring (bicyclic) bond motifs is 2. The highest BCUT2D eigenvalue weighted by Gasteiger charge is 2.28. The third kappa shape index (κ3) is 5.43. The number of aromatic nitrogens is 2. The van der Waals surface area contributed by atoms with Gasteiger partial charge in [0.2, 0.25) is 5.89 Å². The first-order valence-corrected chi connectivity index (χ1v) is 17.0. The fraction of sp³-hybridized carbons (Fsp3) is 0.130. The Bertz CT molecular complexity index is 2490. The molecular formula is C46H38N2O2. The topological polar surface area (TPSA) is 59.2 Å². The Morgan fingerprint density at radius 2 is 1.10 bits per heavy atom. The van der Waals surface area contributed by atoms with Gasteiger partial charge in [-0.1, -0.05) is 131 Å². The molecule has 0 aliphatic heterocycles. The van der Waals surface area contributed by atoms with Crippen LogP contribution in [-0.2, 0) is 10.8 Å². The molecule has 0 saturated carbocycles. The molecule has 50 heavy (non-hydrogen) atoms. The van der Waals surface area contributed by atoms with Crippen molar-refractivity contribution in [2.75, 3.05) is 0 Å². The molecule has 8 aromatic rings. The van der Waals surface area contributed by atoms with Crippen molar-refractivity contribution >= 4 is 22.0 Å². The van der Waals surface area contributed by atoms with E-state index in [0.717, 1.165) is 38.7 Å². The lowest BCUT2D eigenvalue weighted by Crippen LogP contribution is -2.19. The zero-order valence-electron chi connectivity index (χ0n) is 28.7. The van der Waals surface area contributed by atoms with Crippen molar-refractivity contribution in [1.29, 1.82) is 0 Å². The van der Waals surface area contributed by atoms with Gasteiger partial charge in [0, 0.05) is 33.5 Å². The van der Waals surface area contributed by atoms with E-state index in [1.54, 1.807) is 12.1 Å². The van der Waals surface area contributed by atoms with Crippen LogP contribution in [0.15, 0.2) is 156 Å². The van der Waals surface area contributed by atoms with Crippen LogP contribution in [0.3, 0.4) is 0 Å². The molecule has 0 aliphatic rings. The number of phenolic OH excluding ortho intramolecular Hbond substituents is 1. The smallest absolute Gasteiger partial charge is 0.231 e. The Hall–Kier alpha value is -6.00. The lowest BCUT2D eigenvalue weighted by Gasteiger charge is -2.29. The van der Waals surface area contributed by atoms with E-state index in [4.69, 9.17) is 14.4 Å². The van der Waals surface area contributed by atoms with Gasteiger partial charge in [-0.2, -0.15) is 0 Å². The van der Waals surface area contributed by atoms with E-state index in [0.29, 0.717) is 17.0 Å². The molecule has 0 amide bonds. The highest BCUT2D eigenvalue weighted by Crippen LogP contribution is 2.43. The summed E-state index contributed by atoms with van der Waals surface area (Å²) in [7, 11) is 0. The molecule has 1 N–H and O–H groups in total. The van der Waals surface area contributed by atoms with Crippen molar-refractivity contribution in [1.82, 2.24) is 9.97 Å². The normalized spacial score (nSPS) is 12.1. The summed E-state index contributed by atoms with van der Waals surface area (Å²) in [5, 5.41) is 11.7. The number of aromatic hydroxyl groups is 1. The van der Waals surface area contributed by atoms with Gasteiger partial charge < -0.3 is 9.52 Å². The Balaban J connectivity index is 1.39. The van der Waals surface area contributed by atoms with Crippen molar-refractivity contribution in [2.24, 2.45) is 0 Å². The van der Waals surface area contributed by atoms with E-state index >= 15 is 0 Å². The number of benzene rings is 6. The van der Waals surface area contributed by atoms with Crippen molar-refractivity contribution in [3.05, 3.63) is 174 Å². The predicted molar refractivity (Wildman–Crippen MR) is 204 cm³/mol. The quantitative estimate of drug-likeness (QED) is 0.186. The van der Waals surface area contributed by atoms with Crippen LogP contribution in [-0.4, -0.2) is 15.1 Å². The third-order valence-corrected chi connectivity index (χ3v) is 10.2. The molecule has 0 unspecified atom stereocenters. The second-order valence-electron chi connectivity index (χ2n) is 14.1. The maximum atomic E-state index is 10.6. The van der Waals surface area contributed by atoms with Gasteiger partial charge >= 0.3 is 0 Å². The first kappa shape index (κ1) is 31.3. The molecule has 0 saturated heterocycles. The minimum atomic E-state index is -0.311. The lowest BCUT2D eigenvalue weighted by atomic mass is 9.75. The first-order chi connectivity index (χ1) is 24.2. The number of phenols is 1. The lowest BCUT2D eigenvalue weighted by molar-refractivity contribution is 0.474. The van der Waals surface area contributed by atoms with Gasteiger partial charge in [-0.15, -0.1) is 0 Å². The number of para-hydroxylation sites is 2. The zero-order valence-corrected chi connectivity index (χ0v) is 28.7. The van der Waals surface area contributed by atoms with Gasteiger partial charge in [0.05, 0.1) is 11.1 Å². The van der Waals surface area contributed by atoms with Crippen LogP contribution in [0.2, 0.25) is 0 Å². The van der Waals surface area contributed by atoms with Gasteiger partial charge in [0.15, 0.2) is 5.58 Å². The molecule has 6 aromatic carbocycles. The van der Waals surface area contributed by atoms with Crippen LogP contribution in [0.1, 0.15) is 49.9 Å². The molecule has 0 fully saturated rings. The van der Waals surface area contributed by atoms with Crippen LogP contribution in [0.5, 0.6) is 5.75 Å². The first-order valence-electron chi connectivity index (χ1n) is 17.0. The number of pyridine rings is 1. The zero-order chi connectivity index (χ0) is 34.5. The molecule has 0 atom stereocenters. The van der Waals surface area contributed by atoms with Gasteiger partial charge in [0.25, 0.3) is 0 Å². The Labute approximate surface area is 292 Å². The summed E-state index contributed by atoms with van der Waals surface area (Å²) >= 11 is 0. The van der Waals surface area contributed by atoms with Crippen molar-refractivity contribution < 1.29 is 9.52 Å². The number of nitrogens with zero attached hydrogens (tertiary/aromatic N) is 2.